The fourth-order valence-corrected chi connectivity index (χ4v) is 2.10. The number of benzene rings is 1. The predicted octanol–water partition coefficient (Wildman–Crippen LogP) is 2.90. The average molecular weight is 286 g/mol. The monoisotopic (exact) mass is 285 g/mol. The highest BCUT2D eigenvalue weighted by molar-refractivity contribution is 9.10. The highest BCUT2D eigenvalue weighted by Crippen LogP contribution is 2.33. The summed E-state index contributed by atoms with van der Waals surface area (Å²) in [6.45, 7) is 0. The van der Waals surface area contributed by atoms with Crippen LogP contribution in [-0.4, -0.2) is 11.8 Å². The zero-order valence-corrected chi connectivity index (χ0v) is 10.3. The Labute approximate surface area is 102 Å². The van der Waals surface area contributed by atoms with Crippen molar-refractivity contribution < 1.29 is 9.18 Å². The molecule has 1 saturated carbocycles. The fraction of sp³-hybridized carbons (Fsp3) is 0.417. The van der Waals surface area contributed by atoms with Crippen molar-refractivity contribution in [2.24, 2.45) is 11.7 Å². The Morgan fingerprint density at radius 2 is 2.25 bits per heavy atom. The second-order valence-corrected chi connectivity index (χ2v) is 5.08. The molecule has 0 saturated heterocycles. The molecular weight excluding hydrogens is 273 g/mol. The van der Waals surface area contributed by atoms with E-state index in [1.165, 1.54) is 6.07 Å². The Morgan fingerprint density at radius 3 is 2.88 bits per heavy atom. The molecule has 1 atom stereocenters. The topological polar surface area (TPSA) is 43.1 Å². The Balaban J connectivity index is 2.10. The lowest BCUT2D eigenvalue weighted by Crippen LogP contribution is -2.26. The third-order valence-corrected chi connectivity index (χ3v) is 3.51. The van der Waals surface area contributed by atoms with Crippen LogP contribution < -0.4 is 5.73 Å². The largest absolute Gasteiger partial charge is 0.327 e. The first-order valence-electron chi connectivity index (χ1n) is 5.32. The number of Topliss-reactive ketones (excluding diaryl/α,β-unsaturated/α-hetero) is 1. The third kappa shape index (κ3) is 2.50. The van der Waals surface area contributed by atoms with E-state index in [2.05, 4.69) is 15.9 Å². The summed E-state index contributed by atoms with van der Waals surface area (Å²) in [6.07, 6.45) is 2.42. The van der Waals surface area contributed by atoms with Crippen molar-refractivity contribution >= 4 is 21.7 Å². The molecule has 16 heavy (non-hydrogen) atoms. The SMILES string of the molecule is NC(CC(=O)c1cccc(Br)c1F)C1CC1. The van der Waals surface area contributed by atoms with Crippen LogP contribution in [0, 0.1) is 11.7 Å². The van der Waals surface area contributed by atoms with E-state index in [1.807, 2.05) is 0 Å². The van der Waals surface area contributed by atoms with Crippen LogP contribution in [-0.2, 0) is 0 Å². The molecule has 0 heterocycles. The molecule has 0 bridgehead atoms. The van der Waals surface area contributed by atoms with Gasteiger partial charge in [-0.15, -0.1) is 0 Å². The van der Waals surface area contributed by atoms with Gasteiger partial charge in [-0.2, -0.15) is 0 Å². The van der Waals surface area contributed by atoms with E-state index in [-0.39, 0.29) is 23.8 Å². The lowest BCUT2D eigenvalue weighted by Gasteiger charge is -2.09. The van der Waals surface area contributed by atoms with Gasteiger partial charge in [-0.1, -0.05) is 6.07 Å². The summed E-state index contributed by atoms with van der Waals surface area (Å²) in [6, 6.07) is 4.61. The molecule has 1 fully saturated rings. The van der Waals surface area contributed by atoms with Gasteiger partial charge < -0.3 is 5.73 Å². The molecule has 1 aliphatic rings. The molecule has 2 rings (SSSR count). The molecule has 1 aromatic rings. The van der Waals surface area contributed by atoms with Crippen LogP contribution in [0.25, 0.3) is 0 Å². The smallest absolute Gasteiger partial charge is 0.167 e. The summed E-state index contributed by atoms with van der Waals surface area (Å²) in [7, 11) is 0. The van der Waals surface area contributed by atoms with Gasteiger partial charge in [-0.25, -0.2) is 4.39 Å². The lowest BCUT2D eigenvalue weighted by molar-refractivity contribution is 0.0967. The van der Waals surface area contributed by atoms with Gasteiger partial charge in [-0.3, -0.25) is 4.79 Å². The first-order chi connectivity index (χ1) is 7.59. The maximum absolute atomic E-state index is 13.6. The third-order valence-electron chi connectivity index (χ3n) is 2.90. The normalized spacial score (nSPS) is 17.2. The van der Waals surface area contributed by atoms with Crippen LogP contribution in [0.1, 0.15) is 29.6 Å². The maximum atomic E-state index is 13.6. The minimum absolute atomic E-state index is 0.120. The molecule has 1 unspecified atom stereocenters. The number of ketones is 1. The standard InChI is InChI=1S/C12H13BrFNO/c13-9-3-1-2-8(12(9)14)11(16)6-10(15)7-4-5-7/h1-3,7,10H,4-6,15H2. The van der Waals surface area contributed by atoms with Gasteiger partial charge in [-0.05, 0) is 46.8 Å². The number of carbonyl (C=O) groups excluding carboxylic acids is 1. The molecule has 2 nitrogen and oxygen atoms in total. The van der Waals surface area contributed by atoms with Crippen LogP contribution in [0.4, 0.5) is 4.39 Å². The van der Waals surface area contributed by atoms with Crippen LogP contribution >= 0.6 is 15.9 Å². The molecule has 1 aromatic carbocycles. The highest BCUT2D eigenvalue weighted by Gasteiger charge is 2.30. The molecule has 0 aliphatic heterocycles. The molecule has 4 heteroatoms. The maximum Gasteiger partial charge on any atom is 0.167 e. The number of carbonyl (C=O) groups is 1. The highest BCUT2D eigenvalue weighted by atomic mass is 79.9. The van der Waals surface area contributed by atoms with Crippen LogP contribution in [0.15, 0.2) is 22.7 Å². The van der Waals surface area contributed by atoms with Crippen LogP contribution in [0.2, 0.25) is 0 Å². The van der Waals surface area contributed by atoms with Crippen molar-refractivity contribution in [3.8, 4) is 0 Å². The number of hydrogen-bond donors (Lipinski definition) is 1. The van der Waals surface area contributed by atoms with Crippen molar-refractivity contribution in [2.45, 2.75) is 25.3 Å². The van der Waals surface area contributed by atoms with Crippen molar-refractivity contribution in [1.29, 1.82) is 0 Å². The quantitative estimate of drug-likeness (QED) is 0.865. The average Bonchev–Trinajstić information content (AvgIpc) is 3.05. The number of halogens is 2. The van der Waals surface area contributed by atoms with Gasteiger partial charge in [0.1, 0.15) is 5.82 Å². The molecular formula is C12H13BrFNO. The summed E-state index contributed by atoms with van der Waals surface area (Å²) in [4.78, 5) is 11.8. The summed E-state index contributed by atoms with van der Waals surface area (Å²) in [5, 5.41) is 0. The second-order valence-electron chi connectivity index (χ2n) is 4.23. The summed E-state index contributed by atoms with van der Waals surface area (Å²) < 4.78 is 13.9. The van der Waals surface area contributed by atoms with E-state index < -0.39 is 5.82 Å². The minimum Gasteiger partial charge on any atom is -0.327 e. The lowest BCUT2D eigenvalue weighted by atomic mass is 10.0. The van der Waals surface area contributed by atoms with E-state index in [4.69, 9.17) is 5.73 Å². The van der Waals surface area contributed by atoms with E-state index in [9.17, 15) is 9.18 Å². The van der Waals surface area contributed by atoms with E-state index in [1.54, 1.807) is 12.1 Å². The van der Waals surface area contributed by atoms with Crippen molar-refractivity contribution in [3.05, 3.63) is 34.1 Å². The van der Waals surface area contributed by atoms with E-state index in [0.29, 0.717) is 10.4 Å². The Kier molecular flexibility index (Phi) is 3.40. The van der Waals surface area contributed by atoms with Crippen molar-refractivity contribution in [1.82, 2.24) is 0 Å². The first kappa shape index (κ1) is 11.7. The van der Waals surface area contributed by atoms with Gasteiger partial charge in [0.05, 0.1) is 10.0 Å². The fourth-order valence-electron chi connectivity index (χ4n) is 1.73. The Bertz CT molecular complexity index is 417. The summed E-state index contributed by atoms with van der Waals surface area (Å²) in [5.74, 6) is -0.243. The van der Waals surface area contributed by atoms with Crippen LogP contribution in [0.5, 0.6) is 0 Å². The van der Waals surface area contributed by atoms with Crippen LogP contribution in [0.3, 0.4) is 0 Å². The first-order valence-corrected chi connectivity index (χ1v) is 6.11. The predicted molar refractivity (Wildman–Crippen MR) is 63.7 cm³/mol. The molecule has 0 amide bonds. The Hall–Kier alpha value is -0.740. The zero-order chi connectivity index (χ0) is 11.7. The Morgan fingerprint density at radius 1 is 1.56 bits per heavy atom. The van der Waals surface area contributed by atoms with E-state index >= 15 is 0 Å². The number of nitrogens with two attached hydrogens (primary N) is 1. The molecule has 1 aliphatic carbocycles. The van der Waals surface area contributed by atoms with Gasteiger partial charge in [0, 0.05) is 12.5 Å². The van der Waals surface area contributed by atoms with Gasteiger partial charge in [0.2, 0.25) is 0 Å². The van der Waals surface area contributed by atoms with Crippen molar-refractivity contribution in [2.75, 3.05) is 0 Å². The van der Waals surface area contributed by atoms with Gasteiger partial charge in [0.15, 0.2) is 5.78 Å². The molecule has 0 radical (unpaired) electrons. The van der Waals surface area contributed by atoms with Gasteiger partial charge >= 0.3 is 0 Å². The van der Waals surface area contributed by atoms with E-state index in [0.717, 1.165) is 12.8 Å². The molecule has 0 aromatic heterocycles. The number of rotatable bonds is 4. The molecule has 2 N–H and O–H groups in total. The summed E-state index contributed by atoms with van der Waals surface area (Å²) in [5.41, 5.74) is 5.98. The zero-order valence-electron chi connectivity index (χ0n) is 8.75. The van der Waals surface area contributed by atoms with Gasteiger partial charge in [0.25, 0.3) is 0 Å². The minimum atomic E-state index is -0.490. The molecule has 86 valence electrons. The molecule has 0 spiro atoms. The number of hydrogen-bond acceptors (Lipinski definition) is 2. The van der Waals surface area contributed by atoms with Crippen molar-refractivity contribution in [3.63, 3.8) is 0 Å². The summed E-state index contributed by atoms with van der Waals surface area (Å²) >= 11 is 3.06. The second kappa shape index (κ2) is 4.63.